The minimum atomic E-state index is -2.87. The van der Waals surface area contributed by atoms with Gasteiger partial charge in [0.2, 0.25) is 17.7 Å². The highest BCUT2D eigenvalue weighted by Crippen LogP contribution is 2.39. The zero-order chi connectivity index (χ0) is 35.9. The van der Waals surface area contributed by atoms with Gasteiger partial charge in [-0.3, -0.25) is 29.6 Å². The number of nitrogens with one attached hydrogen (secondary N) is 2. The summed E-state index contributed by atoms with van der Waals surface area (Å²) in [5.41, 5.74) is 5.00. The van der Waals surface area contributed by atoms with Crippen molar-refractivity contribution in [1.29, 1.82) is 0 Å². The Hall–Kier alpha value is -4.42. The molecule has 1 aromatic carbocycles. The van der Waals surface area contributed by atoms with Gasteiger partial charge < -0.3 is 14.8 Å². The molecule has 10 nitrogen and oxygen atoms in total. The lowest BCUT2D eigenvalue weighted by Crippen LogP contribution is -2.51. The molecule has 2 atom stereocenters. The van der Waals surface area contributed by atoms with Gasteiger partial charge in [0.25, 0.3) is 5.92 Å². The van der Waals surface area contributed by atoms with Gasteiger partial charge in [-0.2, -0.15) is 0 Å². The van der Waals surface area contributed by atoms with Crippen LogP contribution in [0.5, 0.6) is 0 Å². The number of hydrogen-bond donors (Lipinski definition) is 2. The molecule has 268 valence electrons. The Kier molecular flexibility index (Phi) is 9.82. The lowest BCUT2D eigenvalue weighted by Gasteiger charge is -2.41. The van der Waals surface area contributed by atoms with E-state index in [1.54, 1.807) is 18.5 Å². The number of rotatable bonds is 8. The number of carbonyl (C=O) groups excluding carboxylic acids is 3. The summed E-state index contributed by atoms with van der Waals surface area (Å²) in [6.45, 7) is 6.10. The molecule has 0 saturated carbocycles. The molecule has 2 unspecified atom stereocenters. The average Bonchev–Trinajstić information content (AvgIpc) is 3.43. The fraction of sp³-hybridized carbons (Fsp3) is 0.447. The number of benzene rings is 1. The number of pyridine rings is 2. The van der Waals surface area contributed by atoms with E-state index in [1.165, 1.54) is 6.92 Å². The number of aryl methyl sites for hydroxylation is 1. The lowest BCUT2D eigenvalue weighted by atomic mass is 9.89. The number of carbonyl (C=O) groups is 3. The Labute approximate surface area is 300 Å². The van der Waals surface area contributed by atoms with Crippen LogP contribution in [-0.4, -0.2) is 75.8 Å². The smallest absolute Gasteiger partial charge is 0.265 e. The minimum Gasteiger partial charge on any atom is -0.371 e. The predicted octanol–water partition coefficient (Wildman–Crippen LogP) is 6.41. The molecule has 3 fully saturated rings. The summed E-state index contributed by atoms with van der Waals surface area (Å²) in [7, 11) is 0. The molecule has 3 aliphatic rings. The maximum atomic E-state index is 15.9. The van der Waals surface area contributed by atoms with Gasteiger partial charge >= 0.3 is 0 Å². The number of anilines is 2. The van der Waals surface area contributed by atoms with Crippen LogP contribution in [0.25, 0.3) is 22.2 Å². The van der Waals surface area contributed by atoms with Gasteiger partial charge in [0.15, 0.2) is 0 Å². The molecule has 0 aliphatic carbocycles. The van der Waals surface area contributed by atoms with Crippen molar-refractivity contribution in [2.75, 3.05) is 42.9 Å². The van der Waals surface area contributed by atoms with Crippen molar-refractivity contribution < 1.29 is 23.2 Å². The van der Waals surface area contributed by atoms with E-state index >= 15 is 8.78 Å². The number of nitrogens with zero attached hydrogens (tertiary/aromatic N) is 5. The van der Waals surface area contributed by atoms with E-state index in [2.05, 4.69) is 25.5 Å². The van der Waals surface area contributed by atoms with Crippen LogP contribution in [0.2, 0.25) is 5.02 Å². The Morgan fingerprint density at radius 3 is 2.55 bits per heavy atom. The van der Waals surface area contributed by atoms with Crippen LogP contribution in [0.1, 0.15) is 56.1 Å². The standard InChI is InChI=1S/C38H42ClF2N7O3/c1-23-7-11-42-33(15-23)31-21-48(34-18-43-35(17-30(31)34)44-24(2)49)20-26-10-12-46(22-38(26,40)41)19-25-8-13-47(14-9-25)27-3-4-28(32(39)16-27)29-5-6-36(50)45-37(29)51/h3-4,7,11,15-18,21,25-26,29H,5-6,8-10,12-14,19-20,22H2,1-2H3,(H,43,44,49)(H,45,50,51). The molecule has 0 radical (unpaired) electrons. The van der Waals surface area contributed by atoms with Crippen molar-refractivity contribution in [3.63, 3.8) is 0 Å². The van der Waals surface area contributed by atoms with Gasteiger partial charge in [0.1, 0.15) is 5.82 Å². The van der Waals surface area contributed by atoms with Gasteiger partial charge in [-0.15, -0.1) is 0 Å². The maximum Gasteiger partial charge on any atom is 0.265 e. The van der Waals surface area contributed by atoms with E-state index in [-0.39, 0.29) is 30.8 Å². The quantitative estimate of drug-likeness (QED) is 0.203. The first-order valence-electron chi connectivity index (χ1n) is 17.6. The number of halogens is 3. The highest BCUT2D eigenvalue weighted by molar-refractivity contribution is 6.32. The summed E-state index contributed by atoms with van der Waals surface area (Å²) >= 11 is 6.63. The third kappa shape index (κ3) is 7.62. The van der Waals surface area contributed by atoms with Crippen molar-refractivity contribution >= 4 is 51.7 Å². The highest BCUT2D eigenvalue weighted by atomic mass is 35.5. The number of fused-ring (bicyclic) bond motifs is 1. The number of hydrogen-bond acceptors (Lipinski definition) is 7. The third-order valence-corrected chi connectivity index (χ3v) is 10.9. The molecule has 51 heavy (non-hydrogen) atoms. The van der Waals surface area contributed by atoms with Crippen LogP contribution < -0.4 is 15.5 Å². The minimum absolute atomic E-state index is 0.146. The molecule has 4 aromatic rings. The number of alkyl halides is 2. The molecular weight excluding hydrogens is 676 g/mol. The summed E-state index contributed by atoms with van der Waals surface area (Å²) in [6, 6.07) is 11.4. The summed E-state index contributed by atoms with van der Waals surface area (Å²) in [5, 5.41) is 6.43. The Balaban J connectivity index is 0.975. The second-order valence-electron chi connectivity index (χ2n) is 14.3. The average molecular weight is 718 g/mol. The van der Waals surface area contributed by atoms with E-state index in [0.29, 0.717) is 49.1 Å². The van der Waals surface area contributed by atoms with Gasteiger partial charge in [-0.1, -0.05) is 17.7 Å². The Morgan fingerprint density at radius 1 is 1.04 bits per heavy atom. The molecule has 3 aromatic heterocycles. The lowest BCUT2D eigenvalue weighted by molar-refractivity contribution is -0.134. The van der Waals surface area contributed by atoms with E-state index in [4.69, 9.17) is 11.6 Å². The number of likely N-dealkylation sites (tertiary alicyclic amines) is 1. The number of imide groups is 1. The van der Waals surface area contributed by atoms with Gasteiger partial charge in [0, 0.05) is 79.5 Å². The Morgan fingerprint density at radius 2 is 1.84 bits per heavy atom. The SMILES string of the molecule is CC(=O)Nc1cc2c(-c3cc(C)ccn3)cn(CC3CCN(CC4CCN(c5ccc(C6CCC(=O)NC6=O)c(Cl)c5)CC4)CC3(F)F)c2cn1. The van der Waals surface area contributed by atoms with Crippen molar-refractivity contribution in [2.24, 2.45) is 11.8 Å². The van der Waals surface area contributed by atoms with Crippen LogP contribution in [0.4, 0.5) is 20.3 Å². The summed E-state index contributed by atoms with van der Waals surface area (Å²) in [4.78, 5) is 48.8. The topological polar surface area (TPSA) is 112 Å². The van der Waals surface area contributed by atoms with Gasteiger partial charge in [-0.05, 0) is 86.5 Å². The van der Waals surface area contributed by atoms with E-state index in [0.717, 1.165) is 64.9 Å². The zero-order valence-corrected chi connectivity index (χ0v) is 29.6. The molecule has 3 aliphatic heterocycles. The first kappa shape index (κ1) is 35.0. The molecule has 13 heteroatoms. The van der Waals surface area contributed by atoms with Gasteiger partial charge in [0.05, 0.1) is 29.9 Å². The van der Waals surface area contributed by atoms with Crippen molar-refractivity contribution in [2.45, 2.75) is 64.3 Å². The van der Waals surface area contributed by atoms with Crippen molar-refractivity contribution in [3.8, 4) is 11.3 Å². The van der Waals surface area contributed by atoms with E-state index in [9.17, 15) is 14.4 Å². The Bertz CT molecular complexity index is 1980. The summed E-state index contributed by atoms with van der Waals surface area (Å²) < 4.78 is 33.6. The molecule has 3 saturated heterocycles. The molecule has 0 spiro atoms. The van der Waals surface area contributed by atoms with Crippen molar-refractivity contribution in [1.82, 2.24) is 24.8 Å². The second-order valence-corrected chi connectivity index (χ2v) is 14.7. The highest BCUT2D eigenvalue weighted by Gasteiger charge is 2.45. The molecule has 0 bridgehead atoms. The number of amides is 3. The van der Waals surface area contributed by atoms with Crippen LogP contribution in [0, 0.1) is 18.8 Å². The first-order valence-corrected chi connectivity index (χ1v) is 18.0. The summed E-state index contributed by atoms with van der Waals surface area (Å²) in [5.74, 6) is -4.24. The number of piperidine rings is 3. The van der Waals surface area contributed by atoms with E-state index in [1.807, 2.05) is 52.9 Å². The third-order valence-electron chi connectivity index (χ3n) is 10.6. The molecule has 6 heterocycles. The molecule has 2 N–H and O–H groups in total. The maximum absolute atomic E-state index is 15.9. The molecule has 7 rings (SSSR count). The van der Waals surface area contributed by atoms with Crippen molar-refractivity contribution in [3.05, 3.63) is 71.1 Å². The predicted molar refractivity (Wildman–Crippen MR) is 193 cm³/mol. The van der Waals surface area contributed by atoms with Crippen LogP contribution >= 0.6 is 11.6 Å². The van der Waals surface area contributed by atoms with Crippen LogP contribution in [0.15, 0.2) is 55.0 Å². The zero-order valence-electron chi connectivity index (χ0n) is 28.8. The monoisotopic (exact) mass is 717 g/mol. The van der Waals surface area contributed by atoms with Crippen LogP contribution in [-0.2, 0) is 20.9 Å². The molecule has 3 amide bonds. The second kappa shape index (κ2) is 14.3. The first-order chi connectivity index (χ1) is 24.4. The fourth-order valence-corrected chi connectivity index (χ4v) is 8.18. The van der Waals surface area contributed by atoms with E-state index < -0.39 is 17.8 Å². The van der Waals surface area contributed by atoms with Crippen LogP contribution in [0.3, 0.4) is 0 Å². The normalized spacial score (nSPS) is 21.5. The molecular formula is C38H42ClF2N7O3. The van der Waals surface area contributed by atoms with Gasteiger partial charge in [-0.25, -0.2) is 13.8 Å². The summed E-state index contributed by atoms with van der Waals surface area (Å²) in [6.07, 6.45) is 8.14. The number of aromatic nitrogens is 3. The fourth-order valence-electron chi connectivity index (χ4n) is 7.87. The largest absolute Gasteiger partial charge is 0.371 e.